The first-order valence-electron chi connectivity index (χ1n) is 6.32. The molecule has 104 valence electrons. The Morgan fingerprint density at radius 3 is 3.00 bits per heavy atom. The second-order valence-corrected chi connectivity index (χ2v) is 5.00. The Kier molecular flexibility index (Phi) is 4.50. The normalized spacial score (nSPS) is 19.8. The number of likely N-dealkylation sites (tertiary alicyclic amines) is 1. The number of hydrogen-bond donors (Lipinski definition) is 1. The van der Waals surface area contributed by atoms with E-state index in [9.17, 15) is 9.18 Å². The zero-order valence-electron chi connectivity index (χ0n) is 10.9. The van der Waals surface area contributed by atoms with Crippen LogP contribution in [-0.2, 0) is 11.3 Å². The molecular weight excluding hydrogens is 249 g/mol. The Morgan fingerprint density at radius 1 is 1.53 bits per heavy atom. The monoisotopic (exact) mass is 267 g/mol. The Hall–Kier alpha value is -1.46. The maximum Gasteiger partial charge on any atom is 0.335 e. The highest BCUT2D eigenvalue weighted by Gasteiger charge is 2.22. The topological polar surface area (TPSA) is 49.8 Å². The van der Waals surface area contributed by atoms with Crippen LogP contribution in [-0.4, -0.2) is 42.8 Å². The van der Waals surface area contributed by atoms with Crippen LogP contribution in [0, 0.1) is 11.7 Å². The first-order chi connectivity index (χ1) is 9.08. The van der Waals surface area contributed by atoms with Crippen LogP contribution in [0.5, 0.6) is 0 Å². The minimum atomic E-state index is -1.10. The van der Waals surface area contributed by atoms with E-state index < -0.39 is 11.8 Å². The first-order valence-corrected chi connectivity index (χ1v) is 6.32. The van der Waals surface area contributed by atoms with Gasteiger partial charge in [-0.05, 0) is 42.6 Å². The summed E-state index contributed by atoms with van der Waals surface area (Å²) in [5, 5.41) is 8.91. The summed E-state index contributed by atoms with van der Waals surface area (Å²) in [6.07, 6.45) is 1.06. The van der Waals surface area contributed by atoms with Crippen LogP contribution in [0.3, 0.4) is 0 Å². The Labute approximate surface area is 111 Å². The van der Waals surface area contributed by atoms with Crippen molar-refractivity contribution in [3.63, 3.8) is 0 Å². The Balaban J connectivity index is 2.01. The lowest BCUT2D eigenvalue weighted by molar-refractivity contribution is 0.0696. The van der Waals surface area contributed by atoms with Gasteiger partial charge in [0.15, 0.2) is 0 Å². The van der Waals surface area contributed by atoms with Gasteiger partial charge in [0.05, 0.1) is 12.2 Å². The molecule has 1 fully saturated rings. The molecule has 5 heteroatoms. The molecule has 1 saturated heterocycles. The molecule has 1 atom stereocenters. The summed E-state index contributed by atoms with van der Waals surface area (Å²) in [7, 11) is 1.69. The third-order valence-corrected chi connectivity index (χ3v) is 3.38. The van der Waals surface area contributed by atoms with Crippen LogP contribution in [0.4, 0.5) is 4.39 Å². The lowest BCUT2D eigenvalue weighted by Crippen LogP contribution is -2.21. The third kappa shape index (κ3) is 3.75. The van der Waals surface area contributed by atoms with Crippen LogP contribution < -0.4 is 0 Å². The maximum absolute atomic E-state index is 13.4. The molecule has 0 amide bonds. The second-order valence-electron chi connectivity index (χ2n) is 5.00. The van der Waals surface area contributed by atoms with Gasteiger partial charge in [-0.15, -0.1) is 0 Å². The average Bonchev–Trinajstić information content (AvgIpc) is 2.76. The van der Waals surface area contributed by atoms with E-state index in [-0.39, 0.29) is 5.56 Å². The number of carboxylic acids is 1. The third-order valence-electron chi connectivity index (χ3n) is 3.38. The molecular formula is C14H18FNO3. The van der Waals surface area contributed by atoms with Crippen LogP contribution in [0.1, 0.15) is 22.3 Å². The van der Waals surface area contributed by atoms with Gasteiger partial charge in [0.25, 0.3) is 0 Å². The van der Waals surface area contributed by atoms with Gasteiger partial charge < -0.3 is 9.84 Å². The van der Waals surface area contributed by atoms with Crippen LogP contribution in [0.2, 0.25) is 0 Å². The molecule has 1 heterocycles. The fourth-order valence-corrected chi connectivity index (χ4v) is 2.55. The Bertz CT molecular complexity index is 464. The van der Waals surface area contributed by atoms with Crippen molar-refractivity contribution in [3.8, 4) is 0 Å². The van der Waals surface area contributed by atoms with Crippen molar-refractivity contribution < 1.29 is 19.0 Å². The standard InChI is InChI=1S/C14H18FNO3/c1-19-9-10-2-3-16(7-10)8-11-4-12(14(17)18)6-13(15)5-11/h4-6,10H,2-3,7-9H2,1H3,(H,17,18). The number of hydrogen-bond acceptors (Lipinski definition) is 3. The smallest absolute Gasteiger partial charge is 0.335 e. The summed E-state index contributed by atoms with van der Waals surface area (Å²) < 4.78 is 18.5. The van der Waals surface area contributed by atoms with Gasteiger partial charge in [-0.3, -0.25) is 4.90 Å². The number of methoxy groups -OCH3 is 1. The first kappa shape index (κ1) is 14.0. The Morgan fingerprint density at radius 2 is 2.32 bits per heavy atom. The summed E-state index contributed by atoms with van der Waals surface area (Å²) in [4.78, 5) is 13.1. The van der Waals surface area contributed by atoms with Gasteiger partial charge in [-0.25, -0.2) is 9.18 Å². The van der Waals surface area contributed by atoms with Gasteiger partial charge in [0, 0.05) is 20.2 Å². The van der Waals surface area contributed by atoms with Gasteiger partial charge in [0.1, 0.15) is 5.82 Å². The van der Waals surface area contributed by atoms with Gasteiger partial charge >= 0.3 is 5.97 Å². The van der Waals surface area contributed by atoms with Gasteiger partial charge in [0.2, 0.25) is 0 Å². The molecule has 1 unspecified atom stereocenters. The van der Waals surface area contributed by atoms with Crippen molar-refractivity contribution in [3.05, 3.63) is 35.1 Å². The molecule has 0 bridgehead atoms. The summed E-state index contributed by atoms with van der Waals surface area (Å²) in [6, 6.07) is 3.98. The van der Waals surface area contributed by atoms with E-state index in [1.807, 2.05) is 0 Å². The molecule has 19 heavy (non-hydrogen) atoms. The summed E-state index contributed by atoms with van der Waals surface area (Å²) >= 11 is 0. The number of nitrogens with zero attached hydrogens (tertiary/aromatic N) is 1. The fraction of sp³-hybridized carbons (Fsp3) is 0.500. The molecule has 0 saturated carbocycles. The van der Waals surface area contributed by atoms with Gasteiger partial charge in [-0.1, -0.05) is 0 Å². The molecule has 1 aromatic carbocycles. The highest BCUT2D eigenvalue weighted by Crippen LogP contribution is 2.20. The average molecular weight is 267 g/mol. The lowest BCUT2D eigenvalue weighted by Gasteiger charge is -2.16. The molecule has 2 rings (SSSR count). The number of carboxylic acid groups (broad SMARTS) is 1. The highest BCUT2D eigenvalue weighted by molar-refractivity contribution is 5.87. The van der Waals surface area contributed by atoms with E-state index in [0.29, 0.717) is 18.0 Å². The minimum Gasteiger partial charge on any atom is -0.478 e. The maximum atomic E-state index is 13.4. The van der Waals surface area contributed by atoms with Crippen molar-refractivity contribution >= 4 is 5.97 Å². The van der Waals surface area contributed by atoms with Crippen LogP contribution in [0.15, 0.2) is 18.2 Å². The van der Waals surface area contributed by atoms with Crippen molar-refractivity contribution in [2.45, 2.75) is 13.0 Å². The summed E-state index contributed by atoms with van der Waals surface area (Å²) in [5.74, 6) is -1.08. The second kappa shape index (κ2) is 6.12. The molecule has 0 aromatic heterocycles. The summed E-state index contributed by atoms with van der Waals surface area (Å²) in [6.45, 7) is 3.16. The van der Waals surface area contributed by atoms with E-state index in [0.717, 1.165) is 32.2 Å². The molecule has 0 aliphatic carbocycles. The molecule has 4 nitrogen and oxygen atoms in total. The highest BCUT2D eigenvalue weighted by atomic mass is 19.1. The number of halogens is 1. The van der Waals surface area contributed by atoms with Gasteiger partial charge in [-0.2, -0.15) is 0 Å². The minimum absolute atomic E-state index is 0.00244. The molecule has 0 spiro atoms. The van der Waals surface area contributed by atoms with E-state index in [4.69, 9.17) is 9.84 Å². The molecule has 1 aromatic rings. The largest absolute Gasteiger partial charge is 0.478 e. The zero-order valence-corrected chi connectivity index (χ0v) is 10.9. The number of ether oxygens (including phenoxy) is 1. The van der Waals surface area contributed by atoms with E-state index in [2.05, 4.69) is 4.90 Å². The van der Waals surface area contributed by atoms with E-state index in [1.165, 1.54) is 12.1 Å². The molecule has 0 radical (unpaired) electrons. The lowest BCUT2D eigenvalue weighted by atomic mass is 10.1. The van der Waals surface area contributed by atoms with Crippen molar-refractivity contribution in [2.75, 3.05) is 26.8 Å². The number of carbonyl (C=O) groups is 1. The zero-order chi connectivity index (χ0) is 13.8. The number of aromatic carboxylic acids is 1. The predicted octanol–water partition coefficient (Wildman–Crippen LogP) is 1.99. The molecule has 1 aliphatic rings. The molecule has 1 N–H and O–H groups in total. The van der Waals surface area contributed by atoms with E-state index >= 15 is 0 Å². The van der Waals surface area contributed by atoms with Crippen LogP contribution >= 0.6 is 0 Å². The van der Waals surface area contributed by atoms with Crippen molar-refractivity contribution in [2.24, 2.45) is 5.92 Å². The predicted molar refractivity (Wildman–Crippen MR) is 68.6 cm³/mol. The fourth-order valence-electron chi connectivity index (χ4n) is 2.55. The number of benzene rings is 1. The van der Waals surface area contributed by atoms with Crippen LogP contribution in [0.25, 0.3) is 0 Å². The number of rotatable bonds is 5. The quantitative estimate of drug-likeness (QED) is 0.886. The SMILES string of the molecule is COCC1CCN(Cc2cc(F)cc(C(=O)O)c2)C1. The summed E-state index contributed by atoms with van der Waals surface area (Å²) in [5.41, 5.74) is 0.707. The molecule has 1 aliphatic heterocycles. The van der Waals surface area contributed by atoms with Crippen molar-refractivity contribution in [1.82, 2.24) is 4.90 Å². The van der Waals surface area contributed by atoms with E-state index in [1.54, 1.807) is 7.11 Å². The van der Waals surface area contributed by atoms with Crippen molar-refractivity contribution in [1.29, 1.82) is 0 Å².